The number of nitrogens with zero attached hydrogens (tertiary/aromatic N) is 3. The first-order valence-corrected chi connectivity index (χ1v) is 4.93. The molecule has 0 aromatic heterocycles. The van der Waals surface area contributed by atoms with Gasteiger partial charge in [-0.2, -0.15) is 0 Å². The van der Waals surface area contributed by atoms with Gasteiger partial charge in [0.15, 0.2) is 0 Å². The fourth-order valence-electron chi connectivity index (χ4n) is 1.28. The van der Waals surface area contributed by atoms with E-state index in [0.717, 1.165) is 12.3 Å². The van der Waals surface area contributed by atoms with Crippen LogP contribution < -0.4 is 24.0 Å². The molecule has 5 nitrogen and oxygen atoms in total. The van der Waals surface area contributed by atoms with Crippen molar-refractivity contribution in [2.45, 2.75) is 13.8 Å². The highest BCUT2D eigenvalue weighted by atomic mass is 127. The number of ether oxygens (including phenoxy) is 1. The molecule has 0 saturated carbocycles. The fraction of sp³-hybridized carbons (Fsp3) is 0.600. The van der Waals surface area contributed by atoms with Crippen LogP contribution in [0.15, 0.2) is 17.1 Å². The van der Waals surface area contributed by atoms with Crippen LogP contribution in [-0.2, 0) is 4.74 Å². The fourth-order valence-corrected chi connectivity index (χ4v) is 1.28. The van der Waals surface area contributed by atoms with E-state index in [4.69, 9.17) is 4.74 Å². The van der Waals surface area contributed by atoms with Gasteiger partial charge in [-0.3, -0.25) is 0 Å². The summed E-state index contributed by atoms with van der Waals surface area (Å²) in [7, 11) is 5.22. The van der Waals surface area contributed by atoms with Gasteiger partial charge < -0.3 is 33.6 Å². The SMILES string of the molecule is CC[N+]1(C)N=C(C)C=C1OC(=O)N(C)C.[I-]. The van der Waals surface area contributed by atoms with Crippen molar-refractivity contribution in [3.8, 4) is 0 Å². The molecule has 1 rings (SSSR count). The highest BCUT2D eigenvalue weighted by Crippen LogP contribution is 2.23. The van der Waals surface area contributed by atoms with Crippen molar-refractivity contribution in [3.63, 3.8) is 0 Å². The Hall–Kier alpha value is -0.630. The molecule has 1 atom stereocenters. The highest BCUT2D eigenvalue weighted by molar-refractivity contribution is 5.93. The number of carbonyl (C=O) groups excluding carboxylic acids is 1. The van der Waals surface area contributed by atoms with Gasteiger partial charge in [0.05, 0.1) is 6.08 Å². The second-order valence-electron chi connectivity index (χ2n) is 3.94. The van der Waals surface area contributed by atoms with Crippen molar-refractivity contribution in [1.29, 1.82) is 0 Å². The van der Waals surface area contributed by atoms with Crippen molar-refractivity contribution < 1.29 is 38.1 Å². The molecule has 0 fully saturated rings. The summed E-state index contributed by atoms with van der Waals surface area (Å²) in [5.74, 6) is 0.578. The van der Waals surface area contributed by atoms with Crippen molar-refractivity contribution >= 4 is 11.8 Å². The minimum absolute atomic E-state index is 0. The Morgan fingerprint density at radius 3 is 2.56 bits per heavy atom. The second kappa shape index (κ2) is 5.62. The number of carbonyl (C=O) groups is 1. The molecule has 1 aliphatic heterocycles. The van der Waals surface area contributed by atoms with E-state index in [1.54, 1.807) is 20.2 Å². The summed E-state index contributed by atoms with van der Waals surface area (Å²) in [6.07, 6.45) is 1.43. The molecule has 16 heavy (non-hydrogen) atoms. The number of halogens is 1. The first-order valence-electron chi connectivity index (χ1n) is 4.93. The second-order valence-corrected chi connectivity index (χ2v) is 3.94. The Balaban J connectivity index is 0.00000225. The van der Waals surface area contributed by atoms with E-state index in [1.165, 1.54) is 4.90 Å². The number of quaternary nitrogens is 1. The smallest absolute Gasteiger partial charge is 0.418 e. The molecule has 0 aliphatic carbocycles. The van der Waals surface area contributed by atoms with Gasteiger partial charge >= 0.3 is 12.0 Å². The molecule has 1 unspecified atom stereocenters. The van der Waals surface area contributed by atoms with Gasteiger partial charge in [-0.05, 0) is 13.8 Å². The van der Waals surface area contributed by atoms with Crippen LogP contribution in [0, 0.1) is 0 Å². The third-order valence-electron chi connectivity index (χ3n) is 2.36. The minimum Gasteiger partial charge on any atom is -1.00 e. The summed E-state index contributed by atoms with van der Waals surface area (Å²) < 4.78 is 5.55. The van der Waals surface area contributed by atoms with Crippen molar-refractivity contribution in [2.75, 3.05) is 27.7 Å². The third kappa shape index (κ3) is 3.18. The molecular weight excluding hydrogens is 321 g/mol. The Kier molecular flexibility index (Phi) is 5.40. The normalized spacial score (nSPS) is 23.1. The Morgan fingerprint density at radius 2 is 2.12 bits per heavy atom. The predicted octanol–water partition coefficient (Wildman–Crippen LogP) is -1.61. The number of hydrogen-bond donors (Lipinski definition) is 0. The van der Waals surface area contributed by atoms with Crippen LogP contribution in [0.25, 0.3) is 0 Å². The zero-order chi connectivity index (χ0) is 11.6. The van der Waals surface area contributed by atoms with E-state index in [-0.39, 0.29) is 30.1 Å². The Bertz CT molecular complexity index is 339. The third-order valence-corrected chi connectivity index (χ3v) is 2.36. The largest absolute Gasteiger partial charge is 1.00 e. The maximum absolute atomic E-state index is 11.4. The van der Waals surface area contributed by atoms with Gasteiger partial charge in [-0.15, -0.1) is 4.59 Å². The Morgan fingerprint density at radius 1 is 1.56 bits per heavy atom. The summed E-state index contributed by atoms with van der Waals surface area (Å²) in [5, 5.41) is 4.40. The molecule has 1 amide bonds. The van der Waals surface area contributed by atoms with Crippen LogP contribution in [-0.4, -0.2) is 49.0 Å². The summed E-state index contributed by atoms with van der Waals surface area (Å²) in [4.78, 5) is 12.8. The highest BCUT2D eigenvalue weighted by Gasteiger charge is 2.35. The quantitative estimate of drug-likeness (QED) is 0.449. The average Bonchev–Trinajstić information content (AvgIpc) is 2.42. The van der Waals surface area contributed by atoms with Gasteiger partial charge in [-0.25, -0.2) is 4.79 Å². The molecular formula is C10H18IN3O2. The lowest BCUT2D eigenvalue weighted by Gasteiger charge is -2.23. The van der Waals surface area contributed by atoms with Crippen LogP contribution in [0.4, 0.5) is 4.79 Å². The maximum Gasteiger partial charge on any atom is 0.418 e. The zero-order valence-corrected chi connectivity index (χ0v) is 12.5. The molecule has 0 bridgehead atoms. The average molecular weight is 339 g/mol. The molecule has 0 aromatic rings. The van der Waals surface area contributed by atoms with Crippen molar-refractivity contribution in [1.82, 2.24) is 4.90 Å². The lowest BCUT2D eigenvalue weighted by atomic mass is 10.4. The number of hydrogen-bond acceptors (Lipinski definition) is 3. The maximum atomic E-state index is 11.4. The number of amides is 1. The molecule has 0 radical (unpaired) electrons. The number of allylic oxidation sites excluding steroid dienone is 1. The molecule has 0 spiro atoms. The molecule has 0 N–H and O–H groups in total. The van der Waals surface area contributed by atoms with Crippen LogP contribution in [0.5, 0.6) is 0 Å². The van der Waals surface area contributed by atoms with Crippen LogP contribution in [0.1, 0.15) is 13.8 Å². The van der Waals surface area contributed by atoms with Gasteiger partial charge in [0.1, 0.15) is 19.3 Å². The van der Waals surface area contributed by atoms with E-state index >= 15 is 0 Å². The van der Waals surface area contributed by atoms with Gasteiger partial charge in [0.2, 0.25) is 0 Å². The van der Waals surface area contributed by atoms with E-state index in [1.807, 2.05) is 20.9 Å². The van der Waals surface area contributed by atoms with E-state index < -0.39 is 0 Å². The topological polar surface area (TPSA) is 41.9 Å². The van der Waals surface area contributed by atoms with E-state index in [2.05, 4.69) is 5.10 Å². The molecule has 1 aliphatic rings. The van der Waals surface area contributed by atoms with Crippen molar-refractivity contribution in [2.24, 2.45) is 5.10 Å². The molecule has 1 heterocycles. The molecule has 0 saturated heterocycles. The lowest BCUT2D eigenvalue weighted by molar-refractivity contribution is -0.888. The molecule has 0 aromatic carbocycles. The van der Waals surface area contributed by atoms with Crippen LogP contribution in [0.3, 0.4) is 0 Å². The predicted molar refractivity (Wildman–Crippen MR) is 58.1 cm³/mol. The molecule has 92 valence electrons. The molecule has 6 heteroatoms. The van der Waals surface area contributed by atoms with Crippen LogP contribution >= 0.6 is 0 Å². The number of rotatable bonds is 2. The first kappa shape index (κ1) is 15.4. The van der Waals surface area contributed by atoms with Gasteiger partial charge in [-0.1, -0.05) is 5.10 Å². The van der Waals surface area contributed by atoms with E-state index in [0.29, 0.717) is 10.5 Å². The van der Waals surface area contributed by atoms with Gasteiger partial charge in [0.25, 0.3) is 0 Å². The van der Waals surface area contributed by atoms with Gasteiger partial charge in [0, 0.05) is 14.1 Å². The summed E-state index contributed by atoms with van der Waals surface area (Å²) in [6, 6.07) is 0. The summed E-state index contributed by atoms with van der Waals surface area (Å²) >= 11 is 0. The van der Waals surface area contributed by atoms with E-state index in [9.17, 15) is 4.79 Å². The summed E-state index contributed by atoms with van der Waals surface area (Å²) in [5.41, 5.74) is 0.876. The standard InChI is InChI=1S/C10H18N3O2.HI/c1-6-13(5)9(7-8(2)11-13)15-10(14)12(3)4;/h7H,6H2,1-5H3;1H/q+1;/p-1. The van der Waals surface area contributed by atoms with Crippen molar-refractivity contribution in [3.05, 3.63) is 12.0 Å². The minimum atomic E-state index is -0.371. The van der Waals surface area contributed by atoms with Crippen LogP contribution in [0.2, 0.25) is 0 Å². The Labute approximate surface area is 113 Å². The summed E-state index contributed by atoms with van der Waals surface area (Å²) in [6.45, 7) is 4.64. The lowest BCUT2D eigenvalue weighted by Crippen LogP contribution is -3.00. The first-order chi connectivity index (χ1) is 6.89. The zero-order valence-electron chi connectivity index (χ0n) is 10.3. The monoisotopic (exact) mass is 339 g/mol.